The topological polar surface area (TPSA) is 35.5 Å². The van der Waals surface area contributed by atoms with Crippen LogP contribution in [0.1, 0.15) is 22.8 Å². The van der Waals surface area contributed by atoms with Crippen LogP contribution in [0.25, 0.3) is 0 Å². The van der Waals surface area contributed by atoms with E-state index in [1.807, 2.05) is 19.9 Å². The summed E-state index contributed by atoms with van der Waals surface area (Å²) in [5.74, 6) is 0.749. The van der Waals surface area contributed by atoms with Crippen LogP contribution in [0.15, 0.2) is 18.2 Å². The van der Waals surface area contributed by atoms with Crippen molar-refractivity contribution in [2.24, 2.45) is 0 Å². The standard InChI is InChI=1S/C12H16O3/c1-3-14-6-7-15-12-8-11(9-13)5-4-10(12)2/h4-5,8-9H,3,6-7H2,1-2H3. The van der Waals surface area contributed by atoms with Crippen molar-refractivity contribution in [3.63, 3.8) is 0 Å². The van der Waals surface area contributed by atoms with E-state index in [0.29, 0.717) is 25.4 Å². The van der Waals surface area contributed by atoms with Crippen molar-refractivity contribution < 1.29 is 14.3 Å². The Kier molecular flexibility index (Phi) is 4.84. The maximum atomic E-state index is 10.6. The highest BCUT2D eigenvalue weighted by Gasteiger charge is 2.00. The van der Waals surface area contributed by atoms with E-state index in [-0.39, 0.29) is 0 Å². The third-order valence-electron chi connectivity index (χ3n) is 2.04. The number of carbonyl (C=O) groups is 1. The lowest BCUT2D eigenvalue weighted by Gasteiger charge is -2.09. The average Bonchev–Trinajstić information content (AvgIpc) is 2.26. The van der Waals surface area contributed by atoms with Crippen LogP contribution in [-0.2, 0) is 4.74 Å². The van der Waals surface area contributed by atoms with Gasteiger partial charge in [0.15, 0.2) is 0 Å². The SMILES string of the molecule is CCOCCOc1cc(C=O)ccc1C. The Balaban J connectivity index is 2.55. The molecule has 0 radical (unpaired) electrons. The second-order valence-corrected chi connectivity index (χ2v) is 3.19. The molecular formula is C12H16O3. The zero-order valence-corrected chi connectivity index (χ0v) is 9.16. The molecule has 3 heteroatoms. The van der Waals surface area contributed by atoms with Gasteiger partial charge in [0.05, 0.1) is 6.61 Å². The summed E-state index contributed by atoms with van der Waals surface area (Å²) in [6.45, 7) is 5.66. The molecular weight excluding hydrogens is 192 g/mol. The van der Waals surface area contributed by atoms with Crippen LogP contribution in [0.5, 0.6) is 5.75 Å². The summed E-state index contributed by atoms with van der Waals surface area (Å²) in [4.78, 5) is 10.6. The molecule has 0 N–H and O–H groups in total. The third kappa shape index (κ3) is 3.72. The molecule has 0 bridgehead atoms. The number of ether oxygens (including phenoxy) is 2. The van der Waals surface area contributed by atoms with Gasteiger partial charge in [0.25, 0.3) is 0 Å². The predicted molar refractivity (Wildman–Crippen MR) is 58.6 cm³/mol. The molecule has 0 aliphatic rings. The summed E-state index contributed by atoms with van der Waals surface area (Å²) in [5, 5.41) is 0. The van der Waals surface area contributed by atoms with Crippen LogP contribution >= 0.6 is 0 Å². The first-order chi connectivity index (χ1) is 7.27. The molecule has 0 aliphatic heterocycles. The highest BCUT2D eigenvalue weighted by Crippen LogP contribution is 2.18. The van der Waals surface area contributed by atoms with Gasteiger partial charge < -0.3 is 9.47 Å². The monoisotopic (exact) mass is 208 g/mol. The zero-order chi connectivity index (χ0) is 11.1. The summed E-state index contributed by atoms with van der Waals surface area (Å²) < 4.78 is 10.7. The zero-order valence-electron chi connectivity index (χ0n) is 9.16. The van der Waals surface area contributed by atoms with E-state index in [2.05, 4.69) is 0 Å². The minimum Gasteiger partial charge on any atom is -0.491 e. The average molecular weight is 208 g/mol. The Morgan fingerprint density at radius 3 is 2.80 bits per heavy atom. The first-order valence-corrected chi connectivity index (χ1v) is 5.04. The van der Waals surface area contributed by atoms with Gasteiger partial charge in [0, 0.05) is 12.2 Å². The normalized spacial score (nSPS) is 10.0. The van der Waals surface area contributed by atoms with Crippen LogP contribution in [0, 0.1) is 6.92 Å². The van der Waals surface area contributed by atoms with Crippen molar-refractivity contribution in [3.05, 3.63) is 29.3 Å². The molecule has 0 aromatic heterocycles. The van der Waals surface area contributed by atoms with Gasteiger partial charge in [-0.3, -0.25) is 4.79 Å². The van der Waals surface area contributed by atoms with Gasteiger partial charge in [-0.1, -0.05) is 12.1 Å². The molecule has 1 rings (SSSR count). The van der Waals surface area contributed by atoms with E-state index in [9.17, 15) is 4.79 Å². The smallest absolute Gasteiger partial charge is 0.150 e. The summed E-state index contributed by atoms with van der Waals surface area (Å²) in [7, 11) is 0. The minimum absolute atomic E-state index is 0.511. The molecule has 0 fully saturated rings. The number of aryl methyl sites for hydroxylation is 1. The molecule has 3 nitrogen and oxygen atoms in total. The molecule has 0 amide bonds. The fourth-order valence-corrected chi connectivity index (χ4v) is 1.20. The van der Waals surface area contributed by atoms with E-state index in [4.69, 9.17) is 9.47 Å². The quantitative estimate of drug-likeness (QED) is 0.531. The number of rotatable bonds is 6. The summed E-state index contributed by atoms with van der Waals surface area (Å²) in [6, 6.07) is 5.39. The highest BCUT2D eigenvalue weighted by molar-refractivity contribution is 5.75. The number of hydrogen-bond acceptors (Lipinski definition) is 3. The van der Waals surface area contributed by atoms with Gasteiger partial charge in [-0.15, -0.1) is 0 Å². The minimum atomic E-state index is 0.511. The van der Waals surface area contributed by atoms with Gasteiger partial charge in [-0.25, -0.2) is 0 Å². The summed E-state index contributed by atoms with van der Waals surface area (Å²) in [5.41, 5.74) is 1.66. The van der Waals surface area contributed by atoms with Crippen LogP contribution in [0.4, 0.5) is 0 Å². The molecule has 0 aliphatic carbocycles. The Hall–Kier alpha value is -1.35. The maximum Gasteiger partial charge on any atom is 0.150 e. The number of carbonyl (C=O) groups excluding carboxylic acids is 1. The Morgan fingerprint density at radius 2 is 2.13 bits per heavy atom. The second-order valence-electron chi connectivity index (χ2n) is 3.19. The second kappa shape index (κ2) is 6.19. The number of hydrogen-bond donors (Lipinski definition) is 0. The van der Waals surface area contributed by atoms with Crippen LogP contribution in [0.3, 0.4) is 0 Å². The largest absolute Gasteiger partial charge is 0.491 e. The van der Waals surface area contributed by atoms with Crippen molar-refractivity contribution in [1.29, 1.82) is 0 Å². The predicted octanol–water partition coefficient (Wildman–Crippen LogP) is 2.22. The first-order valence-electron chi connectivity index (χ1n) is 5.04. The van der Waals surface area contributed by atoms with Crippen molar-refractivity contribution >= 4 is 6.29 Å². The molecule has 0 unspecified atom stereocenters. The van der Waals surface area contributed by atoms with E-state index < -0.39 is 0 Å². The number of benzene rings is 1. The van der Waals surface area contributed by atoms with E-state index in [1.165, 1.54) is 0 Å². The molecule has 0 saturated carbocycles. The number of aldehydes is 1. The van der Waals surface area contributed by atoms with Crippen molar-refractivity contribution in [1.82, 2.24) is 0 Å². The summed E-state index contributed by atoms with van der Waals surface area (Å²) in [6.07, 6.45) is 0.814. The molecule has 1 aromatic rings. The molecule has 15 heavy (non-hydrogen) atoms. The van der Waals surface area contributed by atoms with Gasteiger partial charge in [-0.05, 0) is 25.5 Å². The van der Waals surface area contributed by atoms with Crippen molar-refractivity contribution in [2.45, 2.75) is 13.8 Å². The molecule has 82 valence electrons. The Bertz CT molecular complexity index is 321. The van der Waals surface area contributed by atoms with Crippen molar-refractivity contribution in [3.8, 4) is 5.75 Å². The van der Waals surface area contributed by atoms with Gasteiger partial charge in [-0.2, -0.15) is 0 Å². The molecule has 0 saturated heterocycles. The lowest BCUT2D eigenvalue weighted by atomic mass is 10.1. The van der Waals surface area contributed by atoms with Crippen LogP contribution in [-0.4, -0.2) is 26.1 Å². The Labute approximate surface area is 90.0 Å². The molecule has 0 heterocycles. The fraction of sp³-hybridized carbons (Fsp3) is 0.417. The fourth-order valence-electron chi connectivity index (χ4n) is 1.20. The third-order valence-corrected chi connectivity index (χ3v) is 2.04. The molecule has 0 spiro atoms. The van der Waals surface area contributed by atoms with E-state index in [1.54, 1.807) is 12.1 Å². The van der Waals surface area contributed by atoms with Gasteiger partial charge in [0.1, 0.15) is 18.6 Å². The highest BCUT2D eigenvalue weighted by atomic mass is 16.5. The first kappa shape index (κ1) is 11.7. The van der Waals surface area contributed by atoms with E-state index in [0.717, 1.165) is 17.6 Å². The van der Waals surface area contributed by atoms with E-state index >= 15 is 0 Å². The lowest BCUT2D eigenvalue weighted by Crippen LogP contribution is -2.07. The van der Waals surface area contributed by atoms with Crippen molar-refractivity contribution in [2.75, 3.05) is 19.8 Å². The summed E-state index contributed by atoms with van der Waals surface area (Å²) >= 11 is 0. The van der Waals surface area contributed by atoms with Gasteiger partial charge in [0.2, 0.25) is 0 Å². The van der Waals surface area contributed by atoms with Crippen LogP contribution < -0.4 is 4.74 Å². The maximum absolute atomic E-state index is 10.6. The lowest BCUT2D eigenvalue weighted by molar-refractivity contribution is 0.109. The van der Waals surface area contributed by atoms with Crippen LogP contribution in [0.2, 0.25) is 0 Å². The van der Waals surface area contributed by atoms with Gasteiger partial charge >= 0.3 is 0 Å². The molecule has 0 atom stereocenters. The Morgan fingerprint density at radius 1 is 1.33 bits per heavy atom. The molecule has 1 aromatic carbocycles.